The van der Waals surface area contributed by atoms with E-state index < -0.39 is 0 Å². The van der Waals surface area contributed by atoms with Gasteiger partial charge in [-0.05, 0) is 12.8 Å². The maximum Gasteiger partial charge on any atom is 0.244 e. The molecule has 0 aromatic carbocycles. The Kier molecular flexibility index (Phi) is 3.46. The summed E-state index contributed by atoms with van der Waals surface area (Å²) in [5.74, 6) is -0.146. The van der Waals surface area contributed by atoms with Crippen molar-refractivity contribution in [2.75, 3.05) is 27.2 Å². The highest BCUT2D eigenvalue weighted by atomic mass is 16.2. The van der Waals surface area contributed by atoms with E-state index in [4.69, 9.17) is 5.73 Å². The zero-order valence-corrected chi connectivity index (χ0v) is 8.69. The van der Waals surface area contributed by atoms with Gasteiger partial charge in [0, 0.05) is 20.6 Å². The van der Waals surface area contributed by atoms with E-state index in [1.165, 1.54) is 4.90 Å². The molecule has 0 radical (unpaired) electrons. The van der Waals surface area contributed by atoms with Crippen molar-refractivity contribution in [2.45, 2.75) is 18.9 Å². The molecular weight excluding hydrogens is 182 g/mol. The first-order valence-corrected chi connectivity index (χ1v) is 4.78. The minimum Gasteiger partial charge on any atom is -0.347 e. The van der Waals surface area contributed by atoms with E-state index in [0.29, 0.717) is 6.54 Å². The van der Waals surface area contributed by atoms with Crippen LogP contribution in [0.1, 0.15) is 12.8 Å². The van der Waals surface area contributed by atoms with Crippen molar-refractivity contribution in [1.29, 1.82) is 0 Å². The van der Waals surface area contributed by atoms with Crippen LogP contribution < -0.4 is 5.73 Å². The molecule has 0 aromatic rings. The van der Waals surface area contributed by atoms with E-state index >= 15 is 0 Å². The molecule has 1 saturated heterocycles. The number of nitrogens with zero attached hydrogens (tertiary/aromatic N) is 2. The van der Waals surface area contributed by atoms with Crippen molar-refractivity contribution in [3.8, 4) is 0 Å². The number of likely N-dealkylation sites (tertiary alicyclic amines) is 1. The molecule has 1 rings (SSSR count). The Hall–Kier alpha value is -1.10. The molecule has 0 unspecified atom stereocenters. The molecule has 0 bridgehead atoms. The van der Waals surface area contributed by atoms with Gasteiger partial charge in [0.1, 0.15) is 6.04 Å². The smallest absolute Gasteiger partial charge is 0.244 e. The molecule has 1 aliphatic heterocycles. The van der Waals surface area contributed by atoms with Gasteiger partial charge in [-0.25, -0.2) is 0 Å². The van der Waals surface area contributed by atoms with Gasteiger partial charge in [0.05, 0.1) is 6.54 Å². The third-order valence-corrected chi connectivity index (χ3v) is 2.47. The van der Waals surface area contributed by atoms with E-state index in [1.807, 2.05) is 0 Å². The summed E-state index contributed by atoms with van der Waals surface area (Å²) in [5.41, 5.74) is 5.27. The Morgan fingerprint density at radius 3 is 2.64 bits per heavy atom. The van der Waals surface area contributed by atoms with E-state index in [1.54, 1.807) is 19.0 Å². The molecule has 14 heavy (non-hydrogen) atoms. The van der Waals surface area contributed by atoms with Crippen LogP contribution in [0.5, 0.6) is 0 Å². The van der Waals surface area contributed by atoms with Crippen LogP contribution in [0.25, 0.3) is 0 Å². The average molecular weight is 199 g/mol. The van der Waals surface area contributed by atoms with Crippen molar-refractivity contribution in [3.63, 3.8) is 0 Å². The molecule has 1 heterocycles. The molecule has 2 N–H and O–H groups in total. The van der Waals surface area contributed by atoms with Crippen LogP contribution in [0.4, 0.5) is 0 Å². The number of hydrogen-bond acceptors (Lipinski definition) is 3. The van der Waals surface area contributed by atoms with E-state index in [0.717, 1.165) is 12.8 Å². The lowest BCUT2D eigenvalue weighted by Crippen LogP contribution is -2.47. The van der Waals surface area contributed by atoms with Gasteiger partial charge in [0.15, 0.2) is 0 Å². The molecule has 2 amide bonds. The van der Waals surface area contributed by atoms with Crippen molar-refractivity contribution in [1.82, 2.24) is 9.80 Å². The lowest BCUT2D eigenvalue weighted by molar-refractivity contribution is -0.141. The van der Waals surface area contributed by atoms with Gasteiger partial charge < -0.3 is 15.5 Å². The first-order chi connectivity index (χ1) is 6.57. The molecule has 5 nitrogen and oxygen atoms in total. The first-order valence-electron chi connectivity index (χ1n) is 4.78. The topological polar surface area (TPSA) is 66.6 Å². The average Bonchev–Trinajstić information content (AvgIpc) is 2.63. The molecule has 1 fully saturated rings. The Morgan fingerprint density at radius 1 is 1.50 bits per heavy atom. The van der Waals surface area contributed by atoms with Crippen LogP contribution in [-0.4, -0.2) is 54.8 Å². The number of amides is 2. The number of rotatable bonds is 2. The Bertz CT molecular complexity index is 240. The second-order valence-corrected chi connectivity index (χ2v) is 3.68. The minimum absolute atomic E-state index is 0.00991. The molecule has 0 aromatic heterocycles. The summed E-state index contributed by atoms with van der Waals surface area (Å²) in [7, 11) is 3.40. The zero-order valence-electron chi connectivity index (χ0n) is 8.69. The molecular formula is C9H17N3O2. The monoisotopic (exact) mass is 199 g/mol. The van der Waals surface area contributed by atoms with Crippen LogP contribution in [0.3, 0.4) is 0 Å². The van der Waals surface area contributed by atoms with Gasteiger partial charge in [-0.15, -0.1) is 0 Å². The van der Waals surface area contributed by atoms with Gasteiger partial charge in [0.25, 0.3) is 0 Å². The standard InChI is InChI=1S/C9H17N3O2/c1-11(2)9(14)7-4-3-5-12(7)8(13)6-10/h7H,3-6,10H2,1-2H3/t7-/m0/s1. The fraction of sp³-hybridized carbons (Fsp3) is 0.778. The number of carbonyl (C=O) groups is 2. The van der Waals surface area contributed by atoms with Crippen molar-refractivity contribution in [3.05, 3.63) is 0 Å². The molecule has 0 spiro atoms. The predicted octanol–water partition coefficient (Wildman–Crippen LogP) is -0.976. The Labute approximate surface area is 83.8 Å². The fourth-order valence-electron chi connectivity index (χ4n) is 1.74. The molecule has 80 valence electrons. The maximum absolute atomic E-state index is 11.7. The summed E-state index contributed by atoms with van der Waals surface area (Å²) in [5, 5.41) is 0. The van der Waals surface area contributed by atoms with Gasteiger partial charge in [-0.3, -0.25) is 9.59 Å². The van der Waals surface area contributed by atoms with Crippen LogP contribution in [-0.2, 0) is 9.59 Å². The summed E-state index contributed by atoms with van der Waals surface area (Å²) >= 11 is 0. The summed E-state index contributed by atoms with van der Waals surface area (Å²) in [6.45, 7) is 0.636. The highest BCUT2D eigenvalue weighted by Gasteiger charge is 2.33. The van der Waals surface area contributed by atoms with Crippen LogP contribution in [0.15, 0.2) is 0 Å². The predicted molar refractivity (Wildman–Crippen MR) is 52.5 cm³/mol. The van der Waals surface area contributed by atoms with Gasteiger partial charge in [0.2, 0.25) is 11.8 Å². The number of hydrogen-bond donors (Lipinski definition) is 1. The zero-order chi connectivity index (χ0) is 10.7. The van der Waals surface area contributed by atoms with Crippen LogP contribution >= 0.6 is 0 Å². The first kappa shape index (κ1) is 11.0. The molecule has 1 aliphatic rings. The summed E-state index contributed by atoms with van der Waals surface area (Å²) in [4.78, 5) is 26.2. The Morgan fingerprint density at radius 2 is 2.14 bits per heavy atom. The molecule has 0 aliphatic carbocycles. The Balaban J connectivity index is 2.68. The summed E-state index contributed by atoms with van der Waals surface area (Å²) in [6.07, 6.45) is 1.64. The summed E-state index contributed by atoms with van der Waals surface area (Å²) in [6, 6.07) is -0.291. The van der Waals surface area contributed by atoms with Gasteiger partial charge in [-0.2, -0.15) is 0 Å². The van der Waals surface area contributed by atoms with E-state index in [2.05, 4.69) is 0 Å². The van der Waals surface area contributed by atoms with E-state index in [9.17, 15) is 9.59 Å². The van der Waals surface area contributed by atoms with E-state index in [-0.39, 0.29) is 24.4 Å². The lowest BCUT2D eigenvalue weighted by Gasteiger charge is -2.25. The second kappa shape index (κ2) is 4.41. The molecule has 1 atom stereocenters. The van der Waals surface area contributed by atoms with Crippen LogP contribution in [0.2, 0.25) is 0 Å². The molecule has 5 heteroatoms. The van der Waals surface area contributed by atoms with Crippen molar-refractivity contribution in [2.24, 2.45) is 5.73 Å². The van der Waals surface area contributed by atoms with Crippen molar-refractivity contribution < 1.29 is 9.59 Å². The number of carbonyl (C=O) groups excluding carboxylic acids is 2. The largest absolute Gasteiger partial charge is 0.347 e. The van der Waals surface area contributed by atoms with Gasteiger partial charge in [-0.1, -0.05) is 0 Å². The van der Waals surface area contributed by atoms with Gasteiger partial charge >= 0.3 is 0 Å². The highest BCUT2D eigenvalue weighted by Crippen LogP contribution is 2.18. The number of likely N-dealkylation sites (N-methyl/N-ethyl adjacent to an activating group) is 1. The molecule has 0 saturated carbocycles. The van der Waals surface area contributed by atoms with Crippen molar-refractivity contribution >= 4 is 11.8 Å². The highest BCUT2D eigenvalue weighted by molar-refractivity contribution is 5.88. The van der Waals surface area contributed by atoms with Crippen LogP contribution in [0, 0.1) is 0 Å². The third-order valence-electron chi connectivity index (χ3n) is 2.47. The normalized spacial score (nSPS) is 21.1. The third kappa shape index (κ3) is 2.04. The second-order valence-electron chi connectivity index (χ2n) is 3.68. The summed E-state index contributed by atoms with van der Waals surface area (Å²) < 4.78 is 0. The lowest BCUT2D eigenvalue weighted by atomic mass is 10.2. The SMILES string of the molecule is CN(C)C(=O)[C@@H]1CCCN1C(=O)CN. The number of nitrogens with two attached hydrogens (primary N) is 1. The fourth-order valence-corrected chi connectivity index (χ4v) is 1.74. The minimum atomic E-state index is -0.291. The maximum atomic E-state index is 11.7. The quantitative estimate of drug-likeness (QED) is 0.622.